The first-order valence-corrected chi connectivity index (χ1v) is 5.49. The van der Waals surface area contributed by atoms with Crippen LogP contribution in [-0.2, 0) is 13.0 Å². The van der Waals surface area contributed by atoms with Gasteiger partial charge in [0.1, 0.15) is 0 Å². The van der Waals surface area contributed by atoms with Crippen molar-refractivity contribution in [1.82, 2.24) is 4.57 Å². The summed E-state index contributed by atoms with van der Waals surface area (Å²) in [5, 5.41) is 0. The topological polar surface area (TPSA) is 4.93 Å². The molecule has 1 nitrogen and oxygen atoms in total. The number of hydrogen-bond acceptors (Lipinski definition) is 0. The summed E-state index contributed by atoms with van der Waals surface area (Å²) in [5.74, 6) is 0. The molecule has 0 saturated heterocycles. The van der Waals surface area contributed by atoms with Crippen LogP contribution in [0.5, 0.6) is 0 Å². The molecule has 0 unspecified atom stereocenters. The van der Waals surface area contributed by atoms with Gasteiger partial charge in [0, 0.05) is 18.4 Å². The highest BCUT2D eigenvalue weighted by Gasteiger charge is 2.02. The van der Waals surface area contributed by atoms with Crippen molar-refractivity contribution in [3.05, 3.63) is 59.4 Å². The monoisotopic (exact) mass is 199 g/mol. The summed E-state index contributed by atoms with van der Waals surface area (Å²) in [7, 11) is 0. The highest BCUT2D eigenvalue weighted by Crippen LogP contribution is 2.12. The van der Waals surface area contributed by atoms with Crippen molar-refractivity contribution < 1.29 is 0 Å². The van der Waals surface area contributed by atoms with Gasteiger partial charge in [-0.15, -0.1) is 0 Å². The molecule has 1 aromatic heterocycles. The first-order valence-electron chi connectivity index (χ1n) is 5.49. The van der Waals surface area contributed by atoms with Crippen molar-refractivity contribution in [3.63, 3.8) is 0 Å². The molecule has 0 aliphatic rings. The molecular weight excluding hydrogens is 182 g/mol. The van der Waals surface area contributed by atoms with Gasteiger partial charge in [0.25, 0.3) is 0 Å². The Kier molecular flexibility index (Phi) is 2.91. The first-order chi connectivity index (χ1) is 7.31. The number of aromatic nitrogens is 1. The third kappa shape index (κ3) is 2.12. The lowest BCUT2D eigenvalue weighted by Crippen LogP contribution is -2.00. The maximum Gasteiger partial charge on any atom is 0.0472 e. The third-order valence-electron chi connectivity index (χ3n) is 2.93. The molecule has 1 heterocycles. The average molecular weight is 199 g/mol. The Balaban J connectivity index is 2.21. The van der Waals surface area contributed by atoms with E-state index in [0.29, 0.717) is 0 Å². The average Bonchev–Trinajstić information content (AvgIpc) is 2.62. The van der Waals surface area contributed by atoms with Gasteiger partial charge in [-0.25, -0.2) is 0 Å². The van der Waals surface area contributed by atoms with Crippen molar-refractivity contribution in [3.8, 4) is 0 Å². The van der Waals surface area contributed by atoms with E-state index in [4.69, 9.17) is 0 Å². The zero-order valence-electron chi connectivity index (χ0n) is 9.40. The fraction of sp³-hybridized carbons (Fsp3) is 0.286. The minimum Gasteiger partial charge on any atom is -0.347 e. The van der Waals surface area contributed by atoms with Gasteiger partial charge in [0.05, 0.1) is 0 Å². The van der Waals surface area contributed by atoms with E-state index in [1.807, 2.05) is 0 Å². The van der Waals surface area contributed by atoms with E-state index in [0.717, 1.165) is 13.0 Å². The van der Waals surface area contributed by atoms with E-state index in [-0.39, 0.29) is 0 Å². The maximum atomic E-state index is 2.31. The van der Waals surface area contributed by atoms with Gasteiger partial charge in [0.2, 0.25) is 0 Å². The van der Waals surface area contributed by atoms with Crippen LogP contribution in [-0.4, -0.2) is 4.57 Å². The molecule has 1 aromatic carbocycles. The minimum absolute atomic E-state index is 0.979. The molecule has 0 aliphatic heterocycles. The van der Waals surface area contributed by atoms with E-state index < -0.39 is 0 Å². The van der Waals surface area contributed by atoms with Crippen molar-refractivity contribution >= 4 is 0 Å². The van der Waals surface area contributed by atoms with Crippen LogP contribution < -0.4 is 0 Å². The maximum absolute atomic E-state index is 2.31. The molecule has 2 aromatic rings. The van der Waals surface area contributed by atoms with E-state index >= 15 is 0 Å². The molecule has 0 bridgehead atoms. The van der Waals surface area contributed by atoms with Gasteiger partial charge in [-0.3, -0.25) is 0 Å². The smallest absolute Gasteiger partial charge is 0.0472 e. The molecule has 1 heteroatoms. The molecule has 0 saturated carbocycles. The molecule has 15 heavy (non-hydrogen) atoms. The molecule has 0 amide bonds. The lowest BCUT2D eigenvalue weighted by Gasteiger charge is -2.07. The molecule has 0 atom stereocenters. The van der Waals surface area contributed by atoms with Crippen molar-refractivity contribution in [2.45, 2.75) is 26.8 Å². The molecule has 0 aliphatic carbocycles. The molecular formula is C14H17N. The zero-order chi connectivity index (χ0) is 10.7. The predicted molar refractivity (Wildman–Crippen MR) is 64.1 cm³/mol. The van der Waals surface area contributed by atoms with Gasteiger partial charge in [-0.1, -0.05) is 37.3 Å². The Morgan fingerprint density at radius 2 is 1.80 bits per heavy atom. The van der Waals surface area contributed by atoms with Crippen LogP contribution in [0, 0.1) is 6.92 Å². The molecule has 0 N–H and O–H groups in total. The van der Waals surface area contributed by atoms with Crippen molar-refractivity contribution in [2.75, 3.05) is 0 Å². The van der Waals surface area contributed by atoms with Crippen LogP contribution in [0.2, 0.25) is 0 Å². The summed E-state index contributed by atoms with van der Waals surface area (Å²) in [4.78, 5) is 0. The summed E-state index contributed by atoms with van der Waals surface area (Å²) in [6.07, 6.45) is 3.30. The number of aryl methyl sites for hydroxylation is 1. The number of nitrogens with zero attached hydrogens (tertiary/aromatic N) is 1. The van der Waals surface area contributed by atoms with Crippen molar-refractivity contribution in [2.24, 2.45) is 0 Å². The highest BCUT2D eigenvalue weighted by atomic mass is 15.0. The summed E-state index contributed by atoms with van der Waals surface area (Å²) < 4.78 is 2.31. The summed E-state index contributed by atoms with van der Waals surface area (Å²) >= 11 is 0. The van der Waals surface area contributed by atoms with Crippen LogP contribution in [0.25, 0.3) is 0 Å². The lowest BCUT2D eigenvalue weighted by atomic mass is 10.2. The standard InChI is InChI=1S/C14H17N/c1-3-14-9-10-15(12(14)2)11-13-7-5-4-6-8-13/h4-10H,3,11H2,1-2H3. The van der Waals surface area contributed by atoms with Crippen LogP contribution in [0.4, 0.5) is 0 Å². The van der Waals surface area contributed by atoms with Gasteiger partial charge in [0.15, 0.2) is 0 Å². The second-order valence-electron chi connectivity index (χ2n) is 3.89. The Bertz CT molecular complexity index is 426. The van der Waals surface area contributed by atoms with E-state index in [9.17, 15) is 0 Å². The quantitative estimate of drug-likeness (QED) is 0.714. The second kappa shape index (κ2) is 4.35. The largest absolute Gasteiger partial charge is 0.347 e. The van der Waals surface area contributed by atoms with Crippen LogP contribution in [0.15, 0.2) is 42.6 Å². The highest BCUT2D eigenvalue weighted by molar-refractivity contribution is 5.23. The first kappa shape index (κ1) is 10.0. The fourth-order valence-corrected chi connectivity index (χ4v) is 1.92. The molecule has 78 valence electrons. The summed E-state index contributed by atoms with van der Waals surface area (Å²) in [6, 6.07) is 12.8. The van der Waals surface area contributed by atoms with Crippen LogP contribution >= 0.6 is 0 Å². The van der Waals surface area contributed by atoms with E-state index in [1.54, 1.807) is 0 Å². The van der Waals surface area contributed by atoms with Crippen molar-refractivity contribution in [1.29, 1.82) is 0 Å². The fourth-order valence-electron chi connectivity index (χ4n) is 1.92. The normalized spacial score (nSPS) is 10.5. The lowest BCUT2D eigenvalue weighted by molar-refractivity contribution is 0.770. The Morgan fingerprint density at radius 3 is 2.40 bits per heavy atom. The number of benzene rings is 1. The van der Waals surface area contributed by atoms with Gasteiger partial charge >= 0.3 is 0 Å². The minimum atomic E-state index is 0.979. The zero-order valence-corrected chi connectivity index (χ0v) is 9.40. The molecule has 0 spiro atoms. The van der Waals surface area contributed by atoms with E-state index in [2.05, 4.69) is 61.0 Å². The number of hydrogen-bond donors (Lipinski definition) is 0. The Morgan fingerprint density at radius 1 is 1.07 bits per heavy atom. The van der Waals surface area contributed by atoms with Gasteiger partial charge in [-0.2, -0.15) is 0 Å². The third-order valence-corrected chi connectivity index (χ3v) is 2.93. The predicted octanol–water partition coefficient (Wildman–Crippen LogP) is 3.41. The van der Waals surface area contributed by atoms with Gasteiger partial charge in [-0.05, 0) is 30.5 Å². The molecule has 2 rings (SSSR count). The second-order valence-corrected chi connectivity index (χ2v) is 3.89. The number of rotatable bonds is 3. The Labute approximate surface area is 91.4 Å². The molecule has 0 fully saturated rings. The van der Waals surface area contributed by atoms with Gasteiger partial charge < -0.3 is 4.57 Å². The van der Waals surface area contributed by atoms with Crippen LogP contribution in [0.3, 0.4) is 0 Å². The SMILES string of the molecule is CCc1ccn(Cc2ccccc2)c1C. The molecule has 0 radical (unpaired) electrons. The Hall–Kier alpha value is -1.50. The van der Waals surface area contributed by atoms with Crippen LogP contribution in [0.1, 0.15) is 23.7 Å². The summed E-state index contributed by atoms with van der Waals surface area (Å²) in [6.45, 7) is 5.38. The summed E-state index contributed by atoms with van der Waals surface area (Å²) in [5.41, 5.74) is 4.20. The van der Waals surface area contributed by atoms with E-state index in [1.165, 1.54) is 16.8 Å².